The van der Waals surface area contributed by atoms with Crippen LogP contribution in [0.25, 0.3) is 0 Å². The SMILES string of the molecule is O=C(CS(=O)C1CCOCC1)c1ccccc1Cl. The molecule has 1 unspecified atom stereocenters. The van der Waals surface area contributed by atoms with Crippen LogP contribution in [0.2, 0.25) is 5.02 Å². The first-order valence-electron chi connectivity index (χ1n) is 5.91. The first-order valence-corrected chi connectivity index (χ1v) is 7.67. The van der Waals surface area contributed by atoms with Gasteiger partial charge in [0.25, 0.3) is 0 Å². The number of ether oxygens (including phenoxy) is 1. The molecule has 0 bridgehead atoms. The Morgan fingerprint density at radius 2 is 2.00 bits per heavy atom. The average Bonchev–Trinajstić information content (AvgIpc) is 2.40. The summed E-state index contributed by atoms with van der Waals surface area (Å²) in [6.45, 7) is 1.27. The minimum atomic E-state index is -1.13. The molecule has 98 valence electrons. The van der Waals surface area contributed by atoms with Crippen LogP contribution in [0.5, 0.6) is 0 Å². The summed E-state index contributed by atoms with van der Waals surface area (Å²) in [6.07, 6.45) is 1.53. The smallest absolute Gasteiger partial charge is 0.176 e. The van der Waals surface area contributed by atoms with Crippen molar-refractivity contribution < 1.29 is 13.7 Å². The van der Waals surface area contributed by atoms with Gasteiger partial charge < -0.3 is 4.74 Å². The Kier molecular flexibility index (Phi) is 4.92. The largest absolute Gasteiger partial charge is 0.381 e. The molecule has 0 radical (unpaired) electrons. The van der Waals surface area contributed by atoms with Crippen molar-refractivity contribution in [1.29, 1.82) is 0 Å². The van der Waals surface area contributed by atoms with Crippen molar-refractivity contribution in [3.63, 3.8) is 0 Å². The van der Waals surface area contributed by atoms with E-state index in [1.165, 1.54) is 0 Å². The van der Waals surface area contributed by atoms with Crippen molar-refractivity contribution in [3.8, 4) is 0 Å². The van der Waals surface area contributed by atoms with E-state index in [9.17, 15) is 9.00 Å². The Bertz CT molecular complexity index is 455. The van der Waals surface area contributed by atoms with Crippen LogP contribution >= 0.6 is 11.6 Å². The number of hydrogen-bond acceptors (Lipinski definition) is 3. The molecule has 5 heteroatoms. The highest BCUT2D eigenvalue weighted by Gasteiger charge is 2.23. The summed E-state index contributed by atoms with van der Waals surface area (Å²) >= 11 is 5.95. The van der Waals surface area contributed by atoms with Gasteiger partial charge in [0.05, 0.1) is 10.8 Å². The van der Waals surface area contributed by atoms with E-state index in [-0.39, 0.29) is 16.8 Å². The second kappa shape index (κ2) is 6.45. The number of carbonyl (C=O) groups excluding carboxylic acids is 1. The fraction of sp³-hybridized carbons (Fsp3) is 0.462. The van der Waals surface area contributed by atoms with Crippen molar-refractivity contribution in [3.05, 3.63) is 34.9 Å². The van der Waals surface area contributed by atoms with E-state index in [2.05, 4.69) is 0 Å². The van der Waals surface area contributed by atoms with Gasteiger partial charge in [-0.3, -0.25) is 9.00 Å². The molecule has 0 saturated carbocycles. The predicted octanol–water partition coefficient (Wildman–Crippen LogP) is 2.45. The minimum Gasteiger partial charge on any atom is -0.381 e. The summed E-state index contributed by atoms with van der Waals surface area (Å²) in [5.74, 6) is -0.0978. The van der Waals surface area contributed by atoms with E-state index in [0.29, 0.717) is 23.8 Å². The molecular weight excluding hydrogens is 272 g/mol. The van der Waals surface area contributed by atoms with Gasteiger partial charge in [-0.1, -0.05) is 23.7 Å². The van der Waals surface area contributed by atoms with Crippen molar-refractivity contribution in [2.45, 2.75) is 18.1 Å². The van der Waals surface area contributed by atoms with Crippen LogP contribution < -0.4 is 0 Å². The van der Waals surface area contributed by atoms with E-state index in [4.69, 9.17) is 16.3 Å². The summed E-state index contributed by atoms with van der Waals surface area (Å²) in [7, 11) is -1.13. The molecule has 18 heavy (non-hydrogen) atoms. The Labute approximate surface area is 114 Å². The maximum absolute atomic E-state index is 12.1. The first kappa shape index (κ1) is 13.7. The van der Waals surface area contributed by atoms with Crippen LogP contribution in [-0.2, 0) is 15.5 Å². The highest BCUT2D eigenvalue weighted by atomic mass is 35.5. The summed E-state index contributed by atoms with van der Waals surface area (Å²) in [5.41, 5.74) is 0.458. The molecule has 1 aliphatic rings. The molecule has 0 amide bonds. The molecule has 1 atom stereocenters. The number of hydrogen-bond donors (Lipinski definition) is 0. The van der Waals surface area contributed by atoms with Crippen molar-refractivity contribution in [1.82, 2.24) is 0 Å². The minimum absolute atomic E-state index is 0.0500. The Morgan fingerprint density at radius 3 is 2.67 bits per heavy atom. The molecule has 0 aliphatic carbocycles. The predicted molar refractivity (Wildman–Crippen MR) is 72.6 cm³/mol. The third-order valence-electron chi connectivity index (χ3n) is 2.99. The standard InChI is InChI=1S/C13H15ClO3S/c14-12-4-2-1-3-11(12)13(15)9-18(16)10-5-7-17-8-6-10/h1-4,10H,5-9H2. The molecule has 1 heterocycles. The van der Waals surface area contributed by atoms with Gasteiger partial charge in [0.2, 0.25) is 0 Å². The van der Waals surface area contributed by atoms with Crippen LogP contribution in [0.15, 0.2) is 24.3 Å². The van der Waals surface area contributed by atoms with E-state index in [1.807, 2.05) is 0 Å². The summed E-state index contributed by atoms with van der Waals surface area (Å²) < 4.78 is 17.3. The summed E-state index contributed by atoms with van der Waals surface area (Å²) in [6, 6.07) is 6.88. The summed E-state index contributed by atoms with van der Waals surface area (Å²) in [5, 5.41) is 0.497. The Morgan fingerprint density at radius 1 is 1.33 bits per heavy atom. The molecule has 0 aromatic heterocycles. The van der Waals surface area contributed by atoms with Gasteiger partial charge in [-0.25, -0.2) is 0 Å². The number of rotatable bonds is 4. The normalized spacial score (nSPS) is 18.5. The molecule has 0 N–H and O–H groups in total. The molecule has 2 rings (SSSR count). The number of carbonyl (C=O) groups is 1. The van der Waals surface area contributed by atoms with Gasteiger partial charge in [0, 0.05) is 34.8 Å². The second-order valence-electron chi connectivity index (χ2n) is 4.24. The van der Waals surface area contributed by atoms with Crippen molar-refractivity contribution >= 4 is 28.2 Å². The average molecular weight is 287 g/mol. The molecule has 1 saturated heterocycles. The van der Waals surface area contributed by atoms with Crippen LogP contribution in [0.1, 0.15) is 23.2 Å². The van der Waals surface area contributed by atoms with Crippen LogP contribution in [0.3, 0.4) is 0 Å². The van der Waals surface area contributed by atoms with Crippen molar-refractivity contribution in [2.24, 2.45) is 0 Å². The Balaban J connectivity index is 1.99. The third kappa shape index (κ3) is 3.40. The number of benzene rings is 1. The fourth-order valence-corrected chi connectivity index (χ4v) is 3.56. The molecule has 0 spiro atoms. The van der Waals surface area contributed by atoms with Gasteiger partial charge in [0.1, 0.15) is 0 Å². The van der Waals surface area contributed by atoms with Crippen LogP contribution in [0.4, 0.5) is 0 Å². The molecule has 1 aromatic carbocycles. The van der Waals surface area contributed by atoms with Gasteiger partial charge in [-0.05, 0) is 25.0 Å². The molecule has 1 aromatic rings. The number of ketones is 1. The van der Waals surface area contributed by atoms with Gasteiger partial charge in [-0.2, -0.15) is 0 Å². The zero-order valence-electron chi connectivity index (χ0n) is 9.93. The van der Waals surface area contributed by atoms with Gasteiger partial charge >= 0.3 is 0 Å². The first-order chi connectivity index (χ1) is 8.68. The van der Waals surface area contributed by atoms with E-state index in [0.717, 1.165) is 12.8 Å². The lowest BCUT2D eigenvalue weighted by Gasteiger charge is -2.21. The lowest BCUT2D eigenvalue weighted by molar-refractivity contribution is 0.0980. The zero-order valence-corrected chi connectivity index (χ0v) is 11.5. The zero-order chi connectivity index (χ0) is 13.0. The molecule has 1 fully saturated rings. The third-order valence-corrected chi connectivity index (χ3v) is 5.08. The van der Waals surface area contributed by atoms with E-state index in [1.54, 1.807) is 24.3 Å². The quantitative estimate of drug-likeness (QED) is 0.799. The maximum atomic E-state index is 12.1. The number of Topliss-reactive ketones (excluding diaryl/α,β-unsaturated/α-hetero) is 1. The van der Waals surface area contributed by atoms with Gasteiger partial charge in [0.15, 0.2) is 5.78 Å². The monoisotopic (exact) mass is 286 g/mol. The lowest BCUT2D eigenvalue weighted by atomic mass is 10.1. The maximum Gasteiger partial charge on any atom is 0.176 e. The Hall–Kier alpha value is -0.710. The van der Waals surface area contributed by atoms with Crippen LogP contribution in [0, 0.1) is 0 Å². The number of halogens is 1. The lowest BCUT2D eigenvalue weighted by Crippen LogP contribution is -2.28. The fourth-order valence-electron chi connectivity index (χ4n) is 1.95. The highest BCUT2D eigenvalue weighted by Crippen LogP contribution is 2.18. The van der Waals surface area contributed by atoms with E-state index < -0.39 is 10.8 Å². The summed E-state index contributed by atoms with van der Waals surface area (Å²) in [4.78, 5) is 12.0. The van der Waals surface area contributed by atoms with E-state index >= 15 is 0 Å². The molecule has 3 nitrogen and oxygen atoms in total. The van der Waals surface area contributed by atoms with Crippen LogP contribution in [-0.4, -0.2) is 34.2 Å². The molecule has 1 aliphatic heterocycles. The second-order valence-corrected chi connectivity index (χ2v) is 6.36. The topological polar surface area (TPSA) is 43.4 Å². The molecular formula is C13H15ClO3S. The van der Waals surface area contributed by atoms with Gasteiger partial charge in [-0.15, -0.1) is 0 Å². The van der Waals surface area contributed by atoms with Crippen molar-refractivity contribution in [2.75, 3.05) is 19.0 Å². The highest BCUT2D eigenvalue weighted by molar-refractivity contribution is 7.86.